The number of carbonyl (C=O) groups is 1. The molecule has 3 N–H and O–H groups in total. The van der Waals surface area contributed by atoms with Gasteiger partial charge in [-0.15, -0.1) is 16.4 Å². The zero-order valence-corrected chi connectivity index (χ0v) is 19.6. The first-order valence-electron chi connectivity index (χ1n) is 10.1. The number of amidine groups is 1. The molecule has 4 aromatic rings. The van der Waals surface area contributed by atoms with E-state index in [0.29, 0.717) is 32.0 Å². The maximum absolute atomic E-state index is 12.3. The van der Waals surface area contributed by atoms with Crippen molar-refractivity contribution in [1.29, 1.82) is 5.41 Å². The molecule has 4 rings (SSSR count). The molecule has 34 heavy (non-hydrogen) atoms. The Labute approximate surface area is 203 Å². The van der Waals surface area contributed by atoms with E-state index in [1.54, 1.807) is 61.9 Å². The lowest BCUT2D eigenvalue weighted by Gasteiger charge is -2.14. The maximum Gasteiger partial charge on any atom is 0.261 e. The minimum atomic E-state index is -0.251. The third-order valence-corrected chi connectivity index (χ3v) is 5.96. The van der Waals surface area contributed by atoms with Crippen LogP contribution in [0.3, 0.4) is 0 Å². The summed E-state index contributed by atoms with van der Waals surface area (Å²) in [5.74, 6) is 0.338. The van der Waals surface area contributed by atoms with Crippen LogP contribution >= 0.6 is 22.9 Å². The van der Waals surface area contributed by atoms with Crippen molar-refractivity contribution in [2.45, 2.75) is 6.54 Å². The monoisotopic (exact) mass is 497 g/mol. The van der Waals surface area contributed by atoms with Gasteiger partial charge in [0.15, 0.2) is 0 Å². The fourth-order valence-electron chi connectivity index (χ4n) is 3.01. The van der Waals surface area contributed by atoms with Crippen LogP contribution < -0.4 is 20.9 Å². The highest BCUT2D eigenvalue weighted by Crippen LogP contribution is 2.26. The van der Waals surface area contributed by atoms with E-state index >= 15 is 0 Å². The van der Waals surface area contributed by atoms with Crippen molar-refractivity contribution >= 4 is 34.7 Å². The van der Waals surface area contributed by atoms with E-state index in [-0.39, 0.29) is 30.5 Å². The molecule has 0 radical (unpaired) electrons. The minimum absolute atomic E-state index is 0.00235. The molecule has 0 aliphatic heterocycles. The van der Waals surface area contributed by atoms with Crippen molar-refractivity contribution in [2.75, 3.05) is 13.7 Å². The van der Waals surface area contributed by atoms with Crippen molar-refractivity contribution in [3.05, 3.63) is 86.2 Å². The van der Waals surface area contributed by atoms with E-state index in [0.717, 1.165) is 0 Å². The van der Waals surface area contributed by atoms with Crippen molar-refractivity contribution in [3.63, 3.8) is 0 Å². The third-order valence-electron chi connectivity index (χ3n) is 4.73. The second-order valence-electron chi connectivity index (χ2n) is 7.02. The van der Waals surface area contributed by atoms with Gasteiger partial charge in [-0.2, -0.15) is 0 Å². The standard InChI is InChI=1S/C22H20ClN7O3S/c1-25-20(24)13-33-17-10-15(29-9-3-2-4-21(29)31)5-6-16(17)30-12-14(27-28-30)11-26-22(32)18-7-8-19(23)34-18/h2-10,12H,11,13H2,1H3,(H2,24,25)(H,26,32). The quantitative estimate of drug-likeness (QED) is 0.254. The van der Waals surface area contributed by atoms with E-state index in [4.69, 9.17) is 21.7 Å². The molecule has 174 valence electrons. The third kappa shape index (κ3) is 5.33. The molecule has 0 aliphatic carbocycles. The number of amides is 1. The molecule has 0 saturated heterocycles. The molecule has 0 aliphatic rings. The zero-order chi connectivity index (χ0) is 24.1. The first kappa shape index (κ1) is 23.2. The summed E-state index contributed by atoms with van der Waals surface area (Å²) in [6.45, 7) is 0.171. The summed E-state index contributed by atoms with van der Waals surface area (Å²) in [4.78, 5) is 25.0. The van der Waals surface area contributed by atoms with Gasteiger partial charge in [-0.05, 0) is 30.3 Å². The zero-order valence-electron chi connectivity index (χ0n) is 18.0. The summed E-state index contributed by atoms with van der Waals surface area (Å²) in [5, 5.41) is 21.6. The van der Waals surface area contributed by atoms with Gasteiger partial charge in [-0.1, -0.05) is 22.9 Å². The number of nitrogens with zero attached hydrogens (tertiary/aromatic N) is 4. The summed E-state index contributed by atoms with van der Waals surface area (Å²) >= 11 is 7.08. The number of halogens is 1. The van der Waals surface area contributed by atoms with Gasteiger partial charge in [-0.25, -0.2) is 4.68 Å². The highest BCUT2D eigenvalue weighted by molar-refractivity contribution is 7.17. The number of hydrogen-bond donors (Lipinski definition) is 3. The Morgan fingerprint density at radius 2 is 2.09 bits per heavy atom. The van der Waals surface area contributed by atoms with Gasteiger partial charge in [-0.3, -0.25) is 19.6 Å². The van der Waals surface area contributed by atoms with Gasteiger partial charge in [0.25, 0.3) is 11.5 Å². The van der Waals surface area contributed by atoms with Crippen LogP contribution in [-0.4, -0.2) is 45.0 Å². The fraction of sp³-hybridized carbons (Fsp3) is 0.136. The number of aromatic nitrogens is 4. The molecule has 0 fully saturated rings. The first-order valence-corrected chi connectivity index (χ1v) is 11.3. The average Bonchev–Trinajstić information content (AvgIpc) is 3.50. The molecule has 1 amide bonds. The van der Waals surface area contributed by atoms with Gasteiger partial charge in [0, 0.05) is 25.4 Å². The van der Waals surface area contributed by atoms with Crippen LogP contribution in [0.5, 0.6) is 5.75 Å². The molecule has 1 aromatic carbocycles. The summed E-state index contributed by atoms with van der Waals surface area (Å²) in [6.07, 6.45) is 3.33. The Hall–Kier alpha value is -3.96. The van der Waals surface area contributed by atoms with Crippen LogP contribution in [0.25, 0.3) is 11.4 Å². The number of carbonyl (C=O) groups excluding carboxylic acids is 1. The Balaban J connectivity index is 1.58. The molecule has 3 aromatic heterocycles. The number of benzene rings is 1. The highest BCUT2D eigenvalue weighted by Gasteiger charge is 2.14. The van der Waals surface area contributed by atoms with Crippen LogP contribution in [0.1, 0.15) is 15.4 Å². The highest BCUT2D eigenvalue weighted by atomic mass is 35.5. The predicted octanol–water partition coefficient (Wildman–Crippen LogP) is 2.64. The molecular weight excluding hydrogens is 478 g/mol. The van der Waals surface area contributed by atoms with Gasteiger partial charge >= 0.3 is 0 Å². The number of thiophene rings is 1. The lowest BCUT2D eigenvalue weighted by atomic mass is 10.2. The Morgan fingerprint density at radius 1 is 1.24 bits per heavy atom. The van der Waals surface area contributed by atoms with E-state index in [1.807, 2.05) is 0 Å². The molecule has 0 bridgehead atoms. The number of ether oxygens (including phenoxy) is 1. The lowest BCUT2D eigenvalue weighted by molar-refractivity contribution is 0.0954. The van der Waals surface area contributed by atoms with Crippen LogP contribution in [-0.2, 0) is 6.54 Å². The number of likely N-dealkylation sites (N-methyl/N-ethyl adjacent to an activating group) is 1. The van der Waals surface area contributed by atoms with Crippen molar-refractivity contribution < 1.29 is 9.53 Å². The predicted molar refractivity (Wildman–Crippen MR) is 130 cm³/mol. The number of rotatable bonds is 8. The van der Waals surface area contributed by atoms with Crippen LogP contribution in [0.2, 0.25) is 4.34 Å². The smallest absolute Gasteiger partial charge is 0.261 e. The van der Waals surface area contributed by atoms with Crippen LogP contribution in [0.15, 0.2) is 65.7 Å². The molecule has 0 spiro atoms. The van der Waals surface area contributed by atoms with Gasteiger partial charge in [0.1, 0.15) is 29.6 Å². The maximum atomic E-state index is 12.3. The minimum Gasteiger partial charge on any atom is -0.483 e. The molecule has 0 atom stereocenters. The summed E-state index contributed by atoms with van der Waals surface area (Å²) in [7, 11) is 1.63. The van der Waals surface area contributed by atoms with Crippen molar-refractivity contribution in [2.24, 2.45) is 0 Å². The van der Waals surface area contributed by atoms with E-state index in [1.165, 1.54) is 26.7 Å². The Bertz CT molecular complexity index is 1390. The number of pyridine rings is 1. The second-order valence-corrected chi connectivity index (χ2v) is 8.73. The fourth-order valence-corrected chi connectivity index (χ4v) is 3.97. The van der Waals surface area contributed by atoms with Gasteiger partial charge in [0.05, 0.1) is 27.6 Å². The SMILES string of the molecule is CNC(=N)COc1cc(-n2ccccc2=O)ccc1-n1cc(CNC(=O)c2ccc(Cl)s2)nn1. The average molecular weight is 498 g/mol. The molecule has 12 heteroatoms. The van der Waals surface area contributed by atoms with Crippen molar-refractivity contribution in [1.82, 2.24) is 30.2 Å². The molecule has 0 saturated carbocycles. The molecule has 0 unspecified atom stereocenters. The molecule has 10 nitrogen and oxygen atoms in total. The summed E-state index contributed by atoms with van der Waals surface area (Å²) < 4.78 is 9.38. The second kappa shape index (κ2) is 10.3. The largest absolute Gasteiger partial charge is 0.483 e. The van der Waals surface area contributed by atoms with Crippen LogP contribution in [0.4, 0.5) is 0 Å². The van der Waals surface area contributed by atoms with Gasteiger partial charge in [0.2, 0.25) is 0 Å². The normalized spacial score (nSPS) is 10.6. The molecule has 3 heterocycles. The van der Waals surface area contributed by atoms with E-state index < -0.39 is 0 Å². The lowest BCUT2D eigenvalue weighted by Crippen LogP contribution is -2.24. The number of nitrogens with one attached hydrogen (secondary N) is 3. The first-order chi connectivity index (χ1) is 16.4. The summed E-state index contributed by atoms with van der Waals surface area (Å²) in [6, 6.07) is 13.4. The number of hydrogen-bond acceptors (Lipinski definition) is 7. The Morgan fingerprint density at radius 3 is 2.82 bits per heavy atom. The summed E-state index contributed by atoms with van der Waals surface area (Å²) in [5.41, 5.74) is 1.51. The molecular formula is C22H20ClN7O3S. The van der Waals surface area contributed by atoms with Crippen molar-refractivity contribution in [3.8, 4) is 17.1 Å². The van der Waals surface area contributed by atoms with E-state index in [9.17, 15) is 9.59 Å². The van der Waals surface area contributed by atoms with E-state index in [2.05, 4.69) is 20.9 Å². The Kier molecular flexibility index (Phi) is 7.04. The topological polar surface area (TPSA) is 127 Å². The van der Waals surface area contributed by atoms with Crippen LogP contribution in [0, 0.1) is 5.41 Å². The van der Waals surface area contributed by atoms with Gasteiger partial charge < -0.3 is 15.4 Å².